The highest BCUT2D eigenvalue weighted by atomic mass is 16.2. The zero-order valence-corrected chi connectivity index (χ0v) is 19.3. The van der Waals surface area contributed by atoms with Crippen molar-refractivity contribution in [3.63, 3.8) is 0 Å². The molecule has 2 amide bonds. The van der Waals surface area contributed by atoms with Gasteiger partial charge in [-0.2, -0.15) is 5.10 Å². The zero-order valence-electron chi connectivity index (χ0n) is 19.3. The molecule has 1 unspecified atom stereocenters. The van der Waals surface area contributed by atoms with Crippen molar-refractivity contribution in [1.82, 2.24) is 29.8 Å². The van der Waals surface area contributed by atoms with Gasteiger partial charge in [0.25, 0.3) is 0 Å². The molecule has 1 aliphatic heterocycles. The largest absolute Gasteiger partial charge is 0.350 e. The average molecular weight is 447 g/mol. The van der Waals surface area contributed by atoms with Crippen molar-refractivity contribution >= 4 is 17.5 Å². The van der Waals surface area contributed by atoms with Crippen molar-refractivity contribution < 1.29 is 9.59 Å². The molecule has 1 aliphatic carbocycles. The summed E-state index contributed by atoms with van der Waals surface area (Å²) in [5.41, 5.74) is 5.68. The van der Waals surface area contributed by atoms with E-state index in [9.17, 15) is 9.59 Å². The molecule has 1 N–H and O–H groups in total. The fourth-order valence-corrected chi connectivity index (χ4v) is 4.71. The van der Waals surface area contributed by atoms with Crippen LogP contribution in [-0.2, 0) is 22.6 Å². The Hall–Kier alpha value is -3.29. The first-order chi connectivity index (χ1) is 16.0. The van der Waals surface area contributed by atoms with Crippen molar-refractivity contribution in [3.8, 4) is 0 Å². The highest BCUT2D eigenvalue weighted by molar-refractivity contribution is 5.81. The predicted molar refractivity (Wildman–Crippen MR) is 124 cm³/mol. The van der Waals surface area contributed by atoms with Crippen LogP contribution < -0.4 is 5.32 Å². The number of carbonyl (C=O) groups is 2. The van der Waals surface area contributed by atoms with Gasteiger partial charge in [-0.25, -0.2) is 9.50 Å². The second kappa shape index (κ2) is 8.92. The molecule has 2 aliphatic rings. The van der Waals surface area contributed by atoms with Gasteiger partial charge in [0.1, 0.15) is 0 Å². The number of amides is 2. The maximum Gasteiger partial charge on any atom is 0.225 e. The molecule has 33 heavy (non-hydrogen) atoms. The van der Waals surface area contributed by atoms with Crippen LogP contribution in [0.1, 0.15) is 59.9 Å². The minimum absolute atomic E-state index is 0.00733. The van der Waals surface area contributed by atoms with Crippen LogP contribution >= 0.6 is 0 Å². The molecule has 1 saturated carbocycles. The lowest BCUT2D eigenvalue weighted by atomic mass is 10.1. The fourth-order valence-electron chi connectivity index (χ4n) is 4.71. The van der Waals surface area contributed by atoms with Crippen molar-refractivity contribution in [2.75, 3.05) is 13.1 Å². The van der Waals surface area contributed by atoms with Crippen LogP contribution in [0.4, 0.5) is 0 Å². The Morgan fingerprint density at radius 1 is 1.18 bits per heavy atom. The Bertz CT molecular complexity index is 1180. The summed E-state index contributed by atoms with van der Waals surface area (Å²) in [4.78, 5) is 35.8. The van der Waals surface area contributed by atoms with E-state index in [0.29, 0.717) is 25.3 Å². The summed E-state index contributed by atoms with van der Waals surface area (Å²) in [6.07, 6.45) is 5.75. The molecule has 0 spiro atoms. The molecule has 3 aromatic rings. The smallest absolute Gasteiger partial charge is 0.225 e. The molecule has 8 heteroatoms. The first kappa shape index (κ1) is 21.6. The fraction of sp³-hybridized carbons (Fsp3) is 0.480. The molecule has 0 bridgehead atoms. The van der Waals surface area contributed by atoms with Crippen LogP contribution in [0, 0.1) is 19.8 Å². The SMILES string of the molecule is Cc1nc2cc(C3CCN(C(=O)C4CC4)C3)nn2c(C)c1CCC(=O)NCc1ccccn1. The third-order valence-corrected chi connectivity index (χ3v) is 6.82. The average Bonchev–Trinajstić information content (AvgIpc) is 3.39. The van der Waals surface area contributed by atoms with E-state index in [2.05, 4.69) is 16.4 Å². The molecule has 3 aromatic heterocycles. The number of hydrogen-bond acceptors (Lipinski definition) is 5. The monoisotopic (exact) mass is 446 g/mol. The molecule has 4 heterocycles. The van der Waals surface area contributed by atoms with Crippen molar-refractivity contribution in [1.29, 1.82) is 0 Å². The number of pyridine rings is 1. The Morgan fingerprint density at radius 2 is 2.03 bits per heavy atom. The second-order valence-electron chi connectivity index (χ2n) is 9.24. The molecule has 0 aromatic carbocycles. The van der Waals surface area contributed by atoms with Crippen molar-refractivity contribution in [3.05, 3.63) is 58.8 Å². The third-order valence-electron chi connectivity index (χ3n) is 6.82. The van der Waals surface area contributed by atoms with Gasteiger partial charge in [0.05, 0.1) is 17.9 Å². The van der Waals surface area contributed by atoms with E-state index >= 15 is 0 Å². The molecule has 0 radical (unpaired) electrons. The number of nitrogens with one attached hydrogen (secondary N) is 1. The lowest BCUT2D eigenvalue weighted by Gasteiger charge is -2.15. The normalized spacial score (nSPS) is 18.1. The highest BCUT2D eigenvalue weighted by Gasteiger charge is 2.37. The van der Waals surface area contributed by atoms with Gasteiger partial charge in [0, 0.05) is 55.0 Å². The van der Waals surface area contributed by atoms with Gasteiger partial charge in [-0.05, 0) is 57.2 Å². The Morgan fingerprint density at radius 3 is 2.79 bits per heavy atom. The van der Waals surface area contributed by atoms with Gasteiger partial charge in [0.15, 0.2) is 5.65 Å². The molecule has 8 nitrogen and oxygen atoms in total. The Labute approximate surface area is 193 Å². The molecule has 172 valence electrons. The van der Waals surface area contributed by atoms with Gasteiger partial charge in [-0.1, -0.05) is 6.07 Å². The number of nitrogens with zero attached hydrogens (tertiary/aromatic N) is 5. The zero-order chi connectivity index (χ0) is 22.9. The summed E-state index contributed by atoms with van der Waals surface area (Å²) in [6.45, 7) is 6.03. The van der Waals surface area contributed by atoms with Crippen LogP contribution in [0.5, 0.6) is 0 Å². The summed E-state index contributed by atoms with van der Waals surface area (Å²) in [5.74, 6) is 0.831. The molecule has 2 fully saturated rings. The molecular formula is C25H30N6O2. The lowest BCUT2D eigenvalue weighted by Crippen LogP contribution is -2.29. The van der Waals surface area contributed by atoms with E-state index in [1.807, 2.05) is 41.5 Å². The van der Waals surface area contributed by atoms with E-state index in [4.69, 9.17) is 10.1 Å². The summed E-state index contributed by atoms with van der Waals surface area (Å²) < 4.78 is 1.90. The molecule has 5 rings (SSSR count). The predicted octanol–water partition coefficient (Wildman–Crippen LogP) is 2.72. The first-order valence-electron chi connectivity index (χ1n) is 11.8. The van der Waals surface area contributed by atoms with Gasteiger partial charge in [0.2, 0.25) is 11.8 Å². The first-order valence-corrected chi connectivity index (χ1v) is 11.8. The van der Waals surface area contributed by atoms with E-state index in [1.165, 1.54) is 0 Å². The van der Waals surface area contributed by atoms with Crippen LogP contribution in [0.15, 0.2) is 30.5 Å². The van der Waals surface area contributed by atoms with E-state index < -0.39 is 0 Å². The van der Waals surface area contributed by atoms with Crippen LogP contribution in [-0.4, -0.2) is 49.4 Å². The highest BCUT2D eigenvalue weighted by Crippen LogP contribution is 2.35. The number of aromatic nitrogens is 4. The number of likely N-dealkylation sites (tertiary alicyclic amines) is 1. The van der Waals surface area contributed by atoms with Gasteiger partial charge < -0.3 is 10.2 Å². The molecule has 1 atom stereocenters. The van der Waals surface area contributed by atoms with E-state index in [0.717, 1.165) is 66.3 Å². The third kappa shape index (κ3) is 4.60. The van der Waals surface area contributed by atoms with E-state index in [-0.39, 0.29) is 17.7 Å². The summed E-state index contributed by atoms with van der Waals surface area (Å²) in [6, 6.07) is 7.72. The summed E-state index contributed by atoms with van der Waals surface area (Å²) in [7, 11) is 0. The van der Waals surface area contributed by atoms with Crippen LogP contribution in [0.2, 0.25) is 0 Å². The van der Waals surface area contributed by atoms with Gasteiger partial charge >= 0.3 is 0 Å². The maximum atomic E-state index is 12.4. The number of aryl methyl sites for hydroxylation is 2. The molecular weight excluding hydrogens is 416 g/mol. The van der Waals surface area contributed by atoms with E-state index in [1.54, 1.807) is 6.20 Å². The second-order valence-corrected chi connectivity index (χ2v) is 9.24. The van der Waals surface area contributed by atoms with Gasteiger partial charge in [-0.15, -0.1) is 0 Å². The minimum atomic E-state index is -0.00733. The number of rotatable bonds is 7. The Balaban J connectivity index is 1.25. The Kier molecular flexibility index (Phi) is 5.83. The molecule has 1 saturated heterocycles. The minimum Gasteiger partial charge on any atom is -0.350 e. The van der Waals surface area contributed by atoms with Crippen LogP contribution in [0.3, 0.4) is 0 Å². The lowest BCUT2D eigenvalue weighted by molar-refractivity contribution is -0.131. The number of fused-ring (bicyclic) bond motifs is 1. The number of carbonyl (C=O) groups excluding carboxylic acids is 2. The number of hydrogen-bond donors (Lipinski definition) is 1. The summed E-state index contributed by atoms with van der Waals surface area (Å²) >= 11 is 0. The van der Waals surface area contributed by atoms with Crippen molar-refractivity contribution in [2.24, 2.45) is 5.92 Å². The van der Waals surface area contributed by atoms with Crippen molar-refractivity contribution in [2.45, 2.75) is 58.4 Å². The maximum absolute atomic E-state index is 12.4. The van der Waals surface area contributed by atoms with Crippen LogP contribution in [0.25, 0.3) is 5.65 Å². The quantitative estimate of drug-likeness (QED) is 0.602. The summed E-state index contributed by atoms with van der Waals surface area (Å²) in [5, 5.41) is 7.80. The standard InChI is InChI=1S/C25H30N6O2/c1-16-21(8-9-24(32)27-14-20-5-3-4-11-26-20)17(2)31-23(28-16)13-22(29-31)19-10-12-30(15-19)25(33)18-6-7-18/h3-5,11,13,18-19H,6-10,12,14-15H2,1-2H3,(H,27,32). The topological polar surface area (TPSA) is 92.5 Å². The van der Waals surface area contributed by atoms with Gasteiger partial charge in [-0.3, -0.25) is 14.6 Å².